The van der Waals surface area contributed by atoms with Crippen molar-refractivity contribution < 1.29 is 9.59 Å². The molecule has 1 aliphatic rings. The highest BCUT2D eigenvalue weighted by Gasteiger charge is 2.27. The molecule has 2 rings (SSSR count). The molecule has 1 saturated heterocycles. The minimum Gasteiger partial charge on any atom is -0.353 e. The van der Waals surface area contributed by atoms with Gasteiger partial charge in [0, 0.05) is 12.6 Å². The molecule has 0 bridgehead atoms. The molecule has 1 aliphatic heterocycles. The molecular formula is C23H37N3O2. The molecule has 0 spiro atoms. The highest BCUT2D eigenvalue weighted by molar-refractivity contribution is 5.88. The van der Waals surface area contributed by atoms with Crippen molar-refractivity contribution in [3.8, 4) is 0 Å². The lowest BCUT2D eigenvalue weighted by Crippen LogP contribution is -2.53. The summed E-state index contributed by atoms with van der Waals surface area (Å²) in [6, 6.07) is 9.55. The van der Waals surface area contributed by atoms with Gasteiger partial charge in [0.25, 0.3) is 0 Å². The topological polar surface area (TPSA) is 61.4 Å². The number of carbonyl (C=O) groups is 2. The van der Waals surface area contributed by atoms with Crippen LogP contribution in [0.2, 0.25) is 0 Å². The maximum Gasteiger partial charge on any atom is 0.242 e. The Labute approximate surface area is 170 Å². The van der Waals surface area contributed by atoms with Crippen molar-refractivity contribution in [2.75, 3.05) is 19.6 Å². The second-order valence-electron chi connectivity index (χ2n) is 8.24. The van der Waals surface area contributed by atoms with Gasteiger partial charge >= 0.3 is 0 Å². The van der Waals surface area contributed by atoms with E-state index in [-0.39, 0.29) is 17.7 Å². The van der Waals surface area contributed by atoms with Crippen LogP contribution >= 0.6 is 0 Å². The summed E-state index contributed by atoms with van der Waals surface area (Å²) < 4.78 is 0. The summed E-state index contributed by atoms with van der Waals surface area (Å²) >= 11 is 0. The van der Waals surface area contributed by atoms with E-state index < -0.39 is 6.04 Å². The molecule has 1 heterocycles. The molecule has 1 aromatic carbocycles. The largest absolute Gasteiger partial charge is 0.353 e. The van der Waals surface area contributed by atoms with E-state index in [9.17, 15) is 9.59 Å². The Balaban J connectivity index is 1.86. The summed E-state index contributed by atoms with van der Waals surface area (Å²) in [4.78, 5) is 27.7. The fourth-order valence-electron chi connectivity index (χ4n) is 3.82. The molecule has 156 valence electrons. The van der Waals surface area contributed by atoms with E-state index >= 15 is 0 Å². The van der Waals surface area contributed by atoms with Crippen molar-refractivity contribution in [1.29, 1.82) is 0 Å². The number of benzene rings is 1. The Bertz CT molecular complexity index is 603. The van der Waals surface area contributed by atoms with Gasteiger partial charge in [-0.25, -0.2) is 0 Å². The summed E-state index contributed by atoms with van der Waals surface area (Å²) in [6.07, 6.45) is 6.30. The number of amides is 2. The Hall–Kier alpha value is -1.88. The zero-order valence-electron chi connectivity index (χ0n) is 17.7. The first kappa shape index (κ1) is 22.4. The first-order valence-corrected chi connectivity index (χ1v) is 10.9. The molecule has 0 aromatic heterocycles. The van der Waals surface area contributed by atoms with Gasteiger partial charge in [-0.3, -0.25) is 14.5 Å². The smallest absolute Gasteiger partial charge is 0.242 e. The Morgan fingerprint density at radius 2 is 1.93 bits per heavy atom. The molecule has 1 fully saturated rings. The van der Waals surface area contributed by atoms with E-state index in [1.165, 1.54) is 25.7 Å². The van der Waals surface area contributed by atoms with Crippen molar-refractivity contribution in [3.05, 3.63) is 35.9 Å². The van der Waals surface area contributed by atoms with Crippen LogP contribution < -0.4 is 10.6 Å². The van der Waals surface area contributed by atoms with Gasteiger partial charge in [-0.15, -0.1) is 0 Å². The number of nitrogens with one attached hydrogen (secondary N) is 2. The van der Waals surface area contributed by atoms with Crippen LogP contribution in [0.4, 0.5) is 0 Å². The maximum absolute atomic E-state index is 12.8. The predicted octanol–water partition coefficient (Wildman–Crippen LogP) is 3.14. The molecule has 5 nitrogen and oxygen atoms in total. The highest BCUT2D eigenvalue weighted by atomic mass is 16.2. The van der Waals surface area contributed by atoms with Crippen LogP contribution in [0.5, 0.6) is 0 Å². The number of unbranched alkanes of at least 4 members (excludes halogenated alkanes) is 1. The zero-order chi connectivity index (χ0) is 20.4. The van der Waals surface area contributed by atoms with E-state index in [2.05, 4.69) is 22.5 Å². The molecule has 2 unspecified atom stereocenters. The van der Waals surface area contributed by atoms with Crippen LogP contribution in [0, 0.1) is 5.92 Å². The molecule has 5 heteroatoms. The van der Waals surface area contributed by atoms with Crippen LogP contribution in [0.1, 0.15) is 58.4 Å². The quantitative estimate of drug-likeness (QED) is 0.648. The number of likely N-dealkylation sites (tertiary alicyclic amines) is 1. The van der Waals surface area contributed by atoms with Gasteiger partial charge < -0.3 is 10.6 Å². The van der Waals surface area contributed by atoms with Crippen molar-refractivity contribution in [1.82, 2.24) is 15.5 Å². The summed E-state index contributed by atoms with van der Waals surface area (Å²) in [7, 11) is 0. The second kappa shape index (κ2) is 11.8. The number of rotatable bonds is 10. The first-order chi connectivity index (χ1) is 13.5. The number of hydrogen-bond donors (Lipinski definition) is 2. The third-order valence-corrected chi connectivity index (χ3v) is 5.53. The SMILES string of the molecule is CCCCN1CCCCC1CNC(=O)C(NC(=O)Cc1ccccc1)C(C)C. The highest BCUT2D eigenvalue weighted by Crippen LogP contribution is 2.17. The summed E-state index contributed by atoms with van der Waals surface area (Å²) in [5, 5.41) is 6.05. The van der Waals surface area contributed by atoms with Gasteiger partial charge in [0.15, 0.2) is 0 Å². The van der Waals surface area contributed by atoms with Crippen molar-refractivity contribution in [2.45, 2.75) is 71.4 Å². The Kier molecular flexibility index (Phi) is 9.48. The standard InChI is InChI=1S/C23H37N3O2/c1-4-5-14-26-15-10-9-13-20(26)17-24-23(28)22(18(2)3)25-21(27)16-19-11-7-6-8-12-19/h6-8,11-12,18,20,22H,4-5,9-10,13-17H2,1-3H3,(H,24,28)(H,25,27). The minimum atomic E-state index is -0.496. The normalized spacial score (nSPS) is 18.6. The fraction of sp³-hybridized carbons (Fsp3) is 0.652. The number of carbonyl (C=O) groups excluding carboxylic acids is 2. The second-order valence-corrected chi connectivity index (χ2v) is 8.24. The minimum absolute atomic E-state index is 0.0438. The lowest BCUT2D eigenvalue weighted by atomic mass is 10.00. The van der Waals surface area contributed by atoms with Gasteiger partial charge in [-0.1, -0.05) is 63.9 Å². The average molecular weight is 388 g/mol. The molecule has 0 aliphatic carbocycles. The van der Waals surface area contributed by atoms with Crippen molar-refractivity contribution in [3.63, 3.8) is 0 Å². The summed E-state index contributed by atoms with van der Waals surface area (Å²) in [5.41, 5.74) is 0.955. The lowest BCUT2D eigenvalue weighted by molar-refractivity contribution is -0.130. The zero-order valence-corrected chi connectivity index (χ0v) is 17.7. The summed E-state index contributed by atoms with van der Waals surface area (Å²) in [6.45, 7) is 9.06. The van der Waals surface area contributed by atoms with Gasteiger partial charge in [0.1, 0.15) is 6.04 Å². The summed E-state index contributed by atoms with van der Waals surface area (Å²) in [5.74, 6) is -0.137. The lowest BCUT2D eigenvalue weighted by Gasteiger charge is -2.36. The van der Waals surface area contributed by atoms with Crippen LogP contribution in [-0.2, 0) is 16.0 Å². The number of nitrogens with zero attached hydrogens (tertiary/aromatic N) is 1. The Morgan fingerprint density at radius 1 is 1.18 bits per heavy atom. The van der Waals surface area contributed by atoms with Gasteiger partial charge in [0.05, 0.1) is 6.42 Å². The molecule has 0 radical (unpaired) electrons. The van der Waals surface area contributed by atoms with Crippen LogP contribution in [-0.4, -0.2) is 48.4 Å². The molecule has 28 heavy (non-hydrogen) atoms. The monoisotopic (exact) mass is 387 g/mol. The van der Waals surface area contributed by atoms with E-state index in [0.717, 1.165) is 25.1 Å². The van der Waals surface area contributed by atoms with E-state index in [4.69, 9.17) is 0 Å². The van der Waals surface area contributed by atoms with E-state index in [1.807, 2.05) is 44.2 Å². The van der Waals surface area contributed by atoms with Crippen LogP contribution in [0.3, 0.4) is 0 Å². The first-order valence-electron chi connectivity index (χ1n) is 10.9. The maximum atomic E-state index is 12.8. The molecule has 2 amide bonds. The third kappa shape index (κ3) is 7.27. The molecule has 2 N–H and O–H groups in total. The van der Waals surface area contributed by atoms with E-state index in [0.29, 0.717) is 19.0 Å². The molecule has 0 saturated carbocycles. The van der Waals surface area contributed by atoms with Gasteiger partial charge in [0.2, 0.25) is 11.8 Å². The van der Waals surface area contributed by atoms with Crippen LogP contribution in [0.25, 0.3) is 0 Å². The molecule has 2 atom stereocenters. The van der Waals surface area contributed by atoms with Crippen molar-refractivity contribution in [2.24, 2.45) is 5.92 Å². The average Bonchev–Trinajstić information content (AvgIpc) is 2.69. The Morgan fingerprint density at radius 3 is 2.61 bits per heavy atom. The number of hydrogen-bond acceptors (Lipinski definition) is 3. The van der Waals surface area contributed by atoms with Crippen molar-refractivity contribution >= 4 is 11.8 Å². The van der Waals surface area contributed by atoms with Gasteiger partial charge in [-0.2, -0.15) is 0 Å². The third-order valence-electron chi connectivity index (χ3n) is 5.53. The fourth-order valence-corrected chi connectivity index (χ4v) is 3.82. The molecule has 1 aromatic rings. The van der Waals surface area contributed by atoms with Crippen LogP contribution in [0.15, 0.2) is 30.3 Å². The predicted molar refractivity (Wildman–Crippen MR) is 114 cm³/mol. The molecular weight excluding hydrogens is 350 g/mol. The number of piperidine rings is 1. The van der Waals surface area contributed by atoms with E-state index in [1.54, 1.807) is 0 Å². The van der Waals surface area contributed by atoms with Gasteiger partial charge in [-0.05, 0) is 43.8 Å².